The normalized spacial score (nSPS) is 14.8. The molecular weight excluding hydrogens is 348 g/mol. The van der Waals surface area contributed by atoms with Gasteiger partial charge in [-0.05, 0) is 42.8 Å². The van der Waals surface area contributed by atoms with E-state index in [0.717, 1.165) is 27.6 Å². The Morgan fingerprint density at radius 1 is 0.893 bits per heavy atom. The van der Waals surface area contributed by atoms with Crippen LogP contribution >= 0.6 is 0 Å². The number of hydrogen-bond donors (Lipinski definition) is 1. The second kappa shape index (κ2) is 7.85. The average molecular weight is 372 g/mol. The van der Waals surface area contributed by atoms with Crippen molar-refractivity contribution in [2.24, 2.45) is 5.92 Å². The first-order valence-corrected chi connectivity index (χ1v) is 9.77. The lowest BCUT2D eigenvalue weighted by Gasteiger charge is -2.31. The lowest BCUT2D eigenvalue weighted by Crippen LogP contribution is -2.41. The molecule has 1 aliphatic heterocycles. The van der Waals surface area contributed by atoms with Crippen molar-refractivity contribution in [3.63, 3.8) is 0 Å². The molecule has 142 valence electrons. The molecule has 4 heteroatoms. The minimum absolute atomic E-state index is 0.0411. The number of fused-ring (bicyclic) bond motifs is 1. The summed E-state index contributed by atoms with van der Waals surface area (Å²) in [5.41, 5.74) is 2.59. The van der Waals surface area contributed by atoms with Gasteiger partial charge < -0.3 is 10.2 Å². The molecule has 0 saturated carbocycles. The predicted octanol–water partition coefficient (Wildman–Crippen LogP) is 4.64. The zero-order valence-corrected chi connectivity index (χ0v) is 16.0. The fourth-order valence-corrected chi connectivity index (χ4v) is 3.90. The van der Waals surface area contributed by atoms with Gasteiger partial charge in [-0.1, -0.05) is 54.6 Å². The van der Waals surface area contributed by atoms with Crippen molar-refractivity contribution < 1.29 is 9.59 Å². The molecule has 2 amide bonds. The Hall–Kier alpha value is -3.14. The zero-order valence-electron chi connectivity index (χ0n) is 16.0. The molecule has 0 atom stereocenters. The molecule has 0 spiro atoms. The summed E-state index contributed by atoms with van der Waals surface area (Å²) in [5, 5.41) is 5.25. The summed E-state index contributed by atoms with van der Waals surface area (Å²) in [6.07, 6.45) is 1.38. The second-order valence-electron chi connectivity index (χ2n) is 7.40. The number of piperidine rings is 1. The third-order valence-corrected chi connectivity index (χ3v) is 5.58. The Morgan fingerprint density at radius 3 is 2.36 bits per heavy atom. The highest BCUT2D eigenvalue weighted by molar-refractivity contribution is 6.03. The minimum Gasteiger partial charge on any atom is -0.339 e. The molecule has 1 N–H and O–H groups in total. The van der Waals surface area contributed by atoms with Gasteiger partial charge in [-0.15, -0.1) is 0 Å². The molecule has 0 unspecified atom stereocenters. The van der Waals surface area contributed by atoms with E-state index in [1.54, 1.807) is 0 Å². The molecule has 1 fully saturated rings. The van der Waals surface area contributed by atoms with E-state index in [4.69, 9.17) is 0 Å². The van der Waals surface area contributed by atoms with Gasteiger partial charge >= 0.3 is 0 Å². The Bertz CT molecular complexity index is 1010. The fourth-order valence-electron chi connectivity index (χ4n) is 3.90. The van der Waals surface area contributed by atoms with Crippen LogP contribution in [-0.4, -0.2) is 29.8 Å². The van der Waals surface area contributed by atoms with E-state index in [0.29, 0.717) is 25.9 Å². The number of anilines is 1. The molecule has 1 heterocycles. The number of nitrogens with one attached hydrogen (secondary N) is 1. The molecular formula is C24H24N2O2. The number of rotatable bonds is 3. The first-order valence-electron chi connectivity index (χ1n) is 9.77. The lowest BCUT2D eigenvalue weighted by atomic mass is 9.94. The largest absolute Gasteiger partial charge is 0.339 e. The van der Waals surface area contributed by atoms with Crippen molar-refractivity contribution in [1.82, 2.24) is 4.90 Å². The molecule has 4 nitrogen and oxygen atoms in total. The van der Waals surface area contributed by atoms with Crippen molar-refractivity contribution >= 4 is 28.3 Å². The SMILES string of the molecule is Cc1ccccc1C(=O)N1CCC(C(=O)Nc2cccc3ccccc23)CC1. The molecule has 3 aromatic carbocycles. The van der Waals surface area contributed by atoms with Crippen LogP contribution in [0.25, 0.3) is 10.8 Å². The summed E-state index contributed by atoms with van der Waals surface area (Å²) < 4.78 is 0. The van der Waals surface area contributed by atoms with Crippen molar-refractivity contribution in [1.29, 1.82) is 0 Å². The van der Waals surface area contributed by atoms with Crippen LogP contribution in [0, 0.1) is 12.8 Å². The van der Waals surface area contributed by atoms with Crippen LogP contribution in [0.1, 0.15) is 28.8 Å². The average Bonchev–Trinajstić information content (AvgIpc) is 2.74. The van der Waals surface area contributed by atoms with Crippen LogP contribution in [0.3, 0.4) is 0 Å². The van der Waals surface area contributed by atoms with E-state index in [2.05, 4.69) is 5.32 Å². The van der Waals surface area contributed by atoms with E-state index in [1.165, 1.54) is 0 Å². The van der Waals surface area contributed by atoms with Gasteiger partial charge in [0.2, 0.25) is 5.91 Å². The van der Waals surface area contributed by atoms with E-state index in [9.17, 15) is 9.59 Å². The van der Waals surface area contributed by atoms with Gasteiger partial charge in [-0.25, -0.2) is 0 Å². The molecule has 0 aliphatic carbocycles. The van der Waals surface area contributed by atoms with E-state index in [-0.39, 0.29) is 17.7 Å². The van der Waals surface area contributed by atoms with Gasteiger partial charge in [-0.3, -0.25) is 9.59 Å². The summed E-state index contributed by atoms with van der Waals surface area (Å²) in [6, 6.07) is 21.6. The predicted molar refractivity (Wildman–Crippen MR) is 112 cm³/mol. The van der Waals surface area contributed by atoms with E-state index >= 15 is 0 Å². The van der Waals surface area contributed by atoms with Crippen LogP contribution in [0.15, 0.2) is 66.7 Å². The van der Waals surface area contributed by atoms with Crippen LogP contribution in [0.5, 0.6) is 0 Å². The zero-order chi connectivity index (χ0) is 19.5. The highest BCUT2D eigenvalue weighted by Crippen LogP contribution is 2.26. The van der Waals surface area contributed by atoms with Crippen molar-refractivity contribution in [2.45, 2.75) is 19.8 Å². The van der Waals surface area contributed by atoms with E-state index in [1.807, 2.05) is 78.6 Å². The standard InChI is InChI=1S/C24H24N2O2/c1-17-7-2-4-10-20(17)24(28)26-15-13-19(14-16-26)23(27)25-22-12-6-9-18-8-3-5-11-21(18)22/h2-12,19H,13-16H2,1H3,(H,25,27). The van der Waals surface area contributed by atoms with Crippen molar-refractivity contribution in [3.8, 4) is 0 Å². The summed E-state index contributed by atoms with van der Waals surface area (Å²) in [7, 11) is 0. The molecule has 3 aromatic rings. The molecule has 1 saturated heterocycles. The number of carbonyl (C=O) groups is 2. The molecule has 28 heavy (non-hydrogen) atoms. The maximum absolute atomic E-state index is 12.8. The van der Waals surface area contributed by atoms with Gasteiger partial charge in [0.05, 0.1) is 0 Å². The second-order valence-corrected chi connectivity index (χ2v) is 7.40. The highest BCUT2D eigenvalue weighted by Gasteiger charge is 2.28. The number of carbonyl (C=O) groups excluding carboxylic acids is 2. The maximum Gasteiger partial charge on any atom is 0.254 e. The quantitative estimate of drug-likeness (QED) is 0.728. The molecule has 0 bridgehead atoms. The van der Waals surface area contributed by atoms with Crippen LogP contribution in [-0.2, 0) is 4.79 Å². The monoisotopic (exact) mass is 372 g/mol. The number of aryl methyl sites for hydroxylation is 1. The number of benzene rings is 3. The number of likely N-dealkylation sites (tertiary alicyclic amines) is 1. The number of nitrogens with zero attached hydrogens (tertiary/aromatic N) is 1. The number of amides is 2. The minimum atomic E-state index is -0.0695. The van der Waals surface area contributed by atoms with Gasteiger partial charge in [0, 0.05) is 35.6 Å². The maximum atomic E-state index is 12.8. The number of hydrogen-bond acceptors (Lipinski definition) is 2. The Morgan fingerprint density at radius 2 is 1.57 bits per heavy atom. The van der Waals surface area contributed by atoms with Crippen LogP contribution < -0.4 is 5.32 Å². The first kappa shape index (κ1) is 18.2. The topological polar surface area (TPSA) is 49.4 Å². The molecule has 0 aromatic heterocycles. The summed E-state index contributed by atoms with van der Waals surface area (Å²) in [4.78, 5) is 27.4. The van der Waals surface area contributed by atoms with E-state index < -0.39 is 0 Å². The summed E-state index contributed by atoms with van der Waals surface area (Å²) in [5.74, 6) is 0.0326. The third-order valence-electron chi connectivity index (χ3n) is 5.58. The molecule has 4 rings (SSSR count). The summed E-state index contributed by atoms with van der Waals surface area (Å²) >= 11 is 0. The lowest BCUT2D eigenvalue weighted by molar-refractivity contribution is -0.121. The van der Waals surface area contributed by atoms with Gasteiger partial charge in [0.1, 0.15) is 0 Å². The van der Waals surface area contributed by atoms with Gasteiger partial charge in [-0.2, -0.15) is 0 Å². The summed E-state index contributed by atoms with van der Waals surface area (Å²) in [6.45, 7) is 3.18. The highest BCUT2D eigenvalue weighted by atomic mass is 16.2. The Labute approximate surface area is 165 Å². The van der Waals surface area contributed by atoms with Gasteiger partial charge in [0.15, 0.2) is 0 Å². The van der Waals surface area contributed by atoms with Crippen LogP contribution in [0.2, 0.25) is 0 Å². The Kier molecular flexibility index (Phi) is 5.11. The smallest absolute Gasteiger partial charge is 0.254 e. The van der Waals surface area contributed by atoms with Crippen LogP contribution in [0.4, 0.5) is 5.69 Å². The van der Waals surface area contributed by atoms with Crippen molar-refractivity contribution in [2.75, 3.05) is 18.4 Å². The molecule has 1 aliphatic rings. The van der Waals surface area contributed by atoms with Gasteiger partial charge in [0.25, 0.3) is 5.91 Å². The first-order chi connectivity index (χ1) is 13.6. The Balaban J connectivity index is 1.40. The fraction of sp³-hybridized carbons (Fsp3) is 0.250. The third kappa shape index (κ3) is 3.63. The molecule has 0 radical (unpaired) electrons. The van der Waals surface area contributed by atoms with Crippen molar-refractivity contribution in [3.05, 3.63) is 77.9 Å².